The number of rotatable bonds is 18. The van der Waals surface area contributed by atoms with Crippen molar-refractivity contribution in [3.63, 3.8) is 0 Å². The molecule has 0 aliphatic heterocycles. The van der Waals surface area contributed by atoms with E-state index in [0.717, 1.165) is 32.1 Å². The Labute approximate surface area is 150 Å². The van der Waals surface area contributed by atoms with Gasteiger partial charge in [0.1, 0.15) is 0 Å². The molecule has 0 radical (unpaired) electrons. The maximum atomic E-state index is 11.4. The van der Waals surface area contributed by atoms with E-state index < -0.39 is 5.97 Å². The Bertz CT molecular complexity index is 278. The second-order valence-corrected chi connectivity index (χ2v) is 7.38. The number of carboxylic acid groups (broad SMARTS) is 1. The van der Waals surface area contributed by atoms with Crippen molar-refractivity contribution in [1.29, 1.82) is 0 Å². The van der Waals surface area contributed by atoms with Gasteiger partial charge in [0, 0.05) is 0 Å². The van der Waals surface area contributed by atoms with Crippen LogP contribution in [0.15, 0.2) is 0 Å². The lowest BCUT2D eigenvalue weighted by Crippen LogP contribution is -2.17. The van der Waals surface area contributed by atoms with Gasteiger partial charge in [-0.1, -0.05) is 90.9 Å². The lowest BCUT2D eigenvalue weighted by Gasteiger charge is -2.15. The van der Waals surface area contributed by atoms with Crippen LogP contribution in [0.25, 0.3) is 0 Å². The predicted octanol–water partition coefficient (Wildman–Crippen LogP) is 6.33. The highest BCUT2D eigenvalue weighted by atomic mass is 16.4. The molecule has 0 aromatic carbocycles. The minimum Gasteiger partial charge on any atom is -0.481 e. The maximum absolute atomic E-state index is 11.4. The minimum absolute atomic E-state index is 0.268. The highest BCUT2D eigenvalue weighted by Gasteiger charge is 2.18. The zero-order chi connectivity index (χ0) is 18.0. The van der Waals surface area contributed by atoms with E-state index in [1.54, 1.807) is 0 Å². The van der Waals surface area contributed by atoms with Crippen molar-refractivity contribution in [3.8, 4) is 0 Å². The van der Waals surface area contributed by atoms with Crippen LogP contribution in [0.5, 0.6) is 0 Å². The Morgan fingerprint density at radius 2 is 1.12 bits per heavy atom. The molecule has 3 heteroatoms. The zero-order valence-corrected chi connectivity index (χ0v) is 16.3. The van der Waals surface area contributed by atoms with Crippen LogP contribution in [0.4, 0.5) is 0 Å². The molecular weight excluding hydrogens is 300 g/mol. The van der Waals surface area contributed by atoms with Crippen LogP contribution >= 0.6 is 0 Å². The molecule has 0 amide bonds. The Morgan fingerprint density at radius 1 is 0.667 bits per heavy atom. The van der Waals surface area contributed by atoms with Crippen LogP contribution in [0.1, 0.15) is 117 Å². The van der Waals surface area contributed by atoms with Gasteiger partial charge in [-0.25, -0.2) is 0 Å². The van der Waals surface area contributed by atoms with Crippen LogP contribution < -0.4 is 0 Å². The van der Waals surface area contributed by atoms with Crippen molar-refractivity contribution in [2.24, 2.45) is 5.92 Å². The highest BCUT2D eigenvalue weighted by molar-refractivity contribution is 5.69. The molecule has 0 saturated heterocycles. The molecule has 2 N–H and O–H groups in total. The third kappa shape index (κ3) is 15.0. The SMILES string of the molecule is CCCCCCCCCCC(CCC(O)CCCCCC)C(=O)O. The van der Waals surface area contributed by atoms with Crippen molar-refractivity contribution < 1.29 is 15.0 Å². The molecule has 144 valence electrons. The van der Waals surface area contributed by atoms with E-state index in [1.165, 1.54) is 57.8 Å². The molecule has 0 heterocycles. The normalized spacial score (nSPS) is 13.8. The number of hydrogen-bond donors (Lipinski definition) is 2. The van der Waals surface area contributed by atoms with Gasteiger partial charge < -0.3 is 10.2 Å². The second-order valence-electron chi connectivity index (χ2n) is 7.38. The van der Waals surface area contributed by atoms with Gasteiger partial charge in [-0.15, -0.1) is 0 Å². The first kappa shape index (κ1) is 23.4. The molecule has 0 aliphatic carbocycles. The fourth-order valence-electron chi connectivity index (χ4n) is 3.26. The van der Waals surface area contributed by atoms with E-state index >= 15 is 0 Å². The number of carbonyl (C=O) groups is 1. The summed E-state index contributed by atoms with van der Waals surface area (Å²) in [4.78, 5) is 11.4. The topological polar surface area (TPSA) is 57.5 Å². The summed E-state index contributed by atoms with van der Waals surface area (Å²) in [6.07, 6.45) is 17.2. The fraction of sp³-hybridized carbons (Fsp3) is 0.952. The van der Waals surface area contributed by atoms with E-state index in [4.69, 9.17) is 0 Å². The lowest BCUT2D eigenvalue weighted by molar-refractivity contribution is -0.142. The quantitative estimate of drug-likeness (QED) is 0.286. The molecule has 0 saturated carbocycles. The summed E-state index contributed by atoms with van der Waals surface area (Å²) in [6, 6.07) is 0. The first-order valence-corrected chi connectivity index (χ1v) is 10.5. The van der Waals surface area contributed by atoms with Crippen LogP contribution in [-0.4, -0.2) is 22.3 Å². The standard InChI is InChI=1S/C21H42O3/c1-3-5-7-9-10-11-12-13-15-19(21(23)24)17-18-20(22)16-14-8-6-4-2/h19-20,22H,3-18H2,1-2H3,(H,23,24). The number of aliphatic hydroxyl groups is 1. The average Bonchev–Trinajstić information content (AvgIpc) is 2.56. The number of aliphatic carboxylic acids is 1. The van der Waals surface area contributed by atoms with Gasteiger partial charge in [-0.3, -0.25) is 4.79 Å². The molecule has 0 rings (SSSR count). The van der Waals surface area contributed by atoms with E-state index in [0.29, 0.717) is 12.8 Å². The summed E-state index contributed by atoms with van der Waals surface area (Å²) in [5.41, 5.74) is 0. The Morgan fingerprint density at radius 3 is 1.67 bits per heavy atom. The fourth-order valence-corrected chi connectivity index (χ4v) is 3.26. The summed E-state index contributed by atoms with van der Waals surface area (Å²) in [5, 5.41) is 19.3. The van der Waals surface area contributed by atoms with Crippen LogP contribution in [0.3, 0.4) is 0 Å². The Kier molecular flexibility index (Phi) is 16.8. The van der Waals surface area contributed by atoms with Gasteiger partial charge in [0.25, 0.3) is 0 Å². The summed E-state index contributed by atoms with van der Waals surface area (Å²) in [7, 11) is 0. The molecule has 0 aromatic heterocycles. The van der Waals surface area contributed by atoms with E-state index in [2.05, 4.69) is 13.8 Å². The number of carboxylic acids is 1. The largest absolute Gasteiger partial charge is 0.481 e. The van der Waals surface area contributed by atoms with Crippen LogP contribution in [0.2, 0.25) is 0 Å². The number of aliphatic hydroxyl groups excluding tert-OH is 1. The first-order valence-electron chi connectivity index (χ1n) is 10.5. The summed E-state index contributed by atoms with van der Waals surface area (Å²) in [6.45, 7) is 4.41. The van der Waals surface area contributed by atoms with Gasteiger partial charge in [0.05, 0.1) is 12.0 Å². The monoisotopic (exact) mass is 342 g/mol. The van der Waals surface area contributed by atoms with E-state index in [9.17, 15) is 15.0 Å². The number of unbranched alkanes of at least 4 members (excludes halogenated alkanes) is 10. The van der Waals surface area contributed by atoms with Crippen molar-refractivity contribution in [1.82, 2.24) is 0 Å². The molecule has 0 spiro atoms. The maximum Gasteiger partial charge on any atom is 0.306 e. The smallest absolute Gasteiger partial charge is 0.306 e. The number of hydrogen-bond acceptors (Lipinski definition) is 2. The van der Waals surface area contributed by atoms with Gasteiger partial charge in [0.15, 0.2) is 0 Å². The van der Waals surface area contributed by atoms with E-state index in [-0.39, 0.29) is 12.0 Å². The first-order chi connectivity index (χ1) is 11.6. The van der Waals surface area contributed by atoms with Crippen molar-refractivity contribution in [3.05, 3.63) is 0 Å². The Balaban J connectivity index is 3.68. The van der Waals surface area contributed by atoms with Gasteiger partial charge >= 0.3 is 5.97 Å². The molecule has 3 nitrogen and oxygen atoms in total. The molecule has 0 fully saturated rings. The molecule has 0 aromatic rings. The zero-order valence-electron chi connectivity index (χ0n) is 16.3. The van der Waals surface area contributed by atoms with Gasteiger partial charge in [-0.2, -0.15) is 0 Å². The molecule has 2 unspecified atom stereocenters. The second kappa shape index (κ2) is 17.3. The van der Waals surface area contributed by atoms with Crippen LogP contribution in [0, 0.1) is 5.92 Å². The van der Waals surface area contributed by atoms with Gasteiger partial charge in [-0.05, 0) is 25.7 Å². The molecule has 2 atom stereocenters. The third-order valence-corrected chi connectivity index (χ3v) is 4.99. The van der Waals surface area contributed by atoms with E-state index in [1.807, 2.05) is 0 Å². The minimum atomic E-state index is -0.684. The predicted molar refractivity (Wildman–Crippen MR) is 102 cm³/mol. The van der Waals surface area contributed by atoms with Crippen molar-refractivity contribution in [2.45, 2.75) is 123 Å². The summed E-state index contributed by atoms with van der Waals surface area (Å²) < 4.78 is 0. The van der Waals surface area contributed by atoms with Crippen LogP contribution in [-0.2, 0) is 4.79 Å². The summed E-state index contributed by atoms with van der Waals surface area (Å²) in [5.74, 6) is -0.952. The van der Waals surface area contributed by atoms with Crippen molar-refractivity contribution in [2.75, 3.05) is 0 Å². The summed E-state index contributed by atoms with van der Waals surface area (Å²) >= 11 is 0. The molecular formula is C21H42O3. The highest BCUT2D eigenvalue weighted by Crippen LogP contribution is 2.20. The van der Waals surface area contributed by atoms with Gasteiger partial charge in [0.2, 0.25) is 0 Å². The Hall–Kier alpha value is -0.570. The van der Waals surface area contributed by atoms with Crippen molar-refractivity contribution >= 4 is 5.97 Å². The third-order valence-electron chi connectivity index (χ3n) is 4.99. The molecule has 0 aliphatic rings. The molecule has 24 heavy (non-hydrogen) atoms. The average molecular weight is 343 g/mol. The molecule has 0 bridgehead atoms. The lowest BCUT2D eigenvalue weighted by atomic mass is 9.93.